The molecule has 0 radical (unpaired) electrons. The molecule has 2 aliphatic heterocycles. The van der Waals surface area contributed by atoms with Gasteiger partial charge in [0.2, 0.25) is 11.8 Å². The Kier molecular flexibility index (Phi) is 6.05. The fourth-order valence-corrected chi connectivity index (χ4v) is 3.82. The molecule has 0 saturated carbocycles. The van der Waals surface area contributed by atoms with Gasteiger partial charge in [0, 0.05) is 32.6 Å². The number of halogens is 2. The number of hydrogen-bond acceptors (Lipinski definition) is 3. The second-order valence-corrected chi connectivity index (χ2v) is 7.19. The van der Waals surface area contributed by atoms with E-state index in [1.807, 2.05) is 18.2 Å². The molecule has 27 heavy (non-hydrogen) atoms. The van der Waals surface area contributed by atoms with Crippen LogP contribution in [-0.2, 0) is 29.2 Å². The van der Waals surface area contributed by atoms with E-state index in [0.717, 1.165) is 18.7 Å². The number of hydrogen-bond donors (Lipinski definition) is 2. The highest BCUT2D eigenvalue weighted by molar-refractivity contribution is 6.33. The predicted molar refractivity (Wildman–Crippen MR) is 108 cm³/mol. The lowest BCUT2D eigenvalue weighted by molar-refractivity contribution is -0.126. The fraction of sp³-hybridized carbons (Fsp3) is 0.300. The third kappa shape index (κ3) is 4.10. The van der Waals surface area contributed by atoms with Crippen LogP contribution in [0.2, 0.25) is 5.02 Å². The van der Waals surface area contributed by atoms with E-state index >= 15 is 0 Å². The van der Waals surface area contributed by atoms with E-state index in [0.29, 0.717) is 23.8 Å². The van der Waals surface area contributed by atoms with E-state index in [4.69, 9.17) is 11.6 Å². The lowest BCUT2D eigenvalue weighted by Gasteiger charge is -2.18. The van der Waals surface area contributed by atoms with Gasteiger partial charge in [-0.25, -0.2) is 0 Å². The van der Waals surface area contributed by atoms with E-state index < -0.39 is 0 Å². The number of anilines is 1. The molecule has 4 rings (SSSR count). The minimum atomic E-state index is -0.352. The number of rotatable bonds is 4. The Hall–Kier alpha value is -2.08. The van der Waals surface area contributed by atoms with Gasteiger partial charge in [-0.3, -0.25) is 9.59 Å². The Morgan fingerprint density at radius 3 is 2.78 bits per heavy atom. The van der Waals surface area contributed by atoms with E-state index in [1.165, 1.54) is 11.1 Å². The van der Waals surface area contributed by atoms with Gasteiger partial charge in [-0.05, 0) is 28.8 Å². The summed E-state index contributed by atoms with van der Waals surface area (Å²) in [7, 11) is 0. The molecule has 2 aromatic rings. The Bertz CT molecular complexity index is 872. The summed E-state index contributed by atoms with van der Waals surface area (Å²) >= 11 is 6.18. The number of fused-ring (bicyclic) bond motifs is 1. The molecule has 5 nitrogen and oxygen atoms in total. The molecular formula is C20H21Cl2N3O2. The topological polar surface area (TPSA) is 61.4 Å². The van der Waals surface area contributed by atoms with Gasteiger partial charge >= 0.3 is 0 Å². The zero-order chi connectivity index (χ0) is 18.1. The maximum absolute atomic E-state index is 12.5. The van der Waals surface area contributed by atoms with Crippen LogP contribution in [0.15, 0.2) is 42.5 Å². The molecule has 2 N–H and O–H groups in total. The maximum Gasteiger partial charge on any atom is 0.227 e. The van der Waals surface area contributed by atoms with Crippen molar-refractivity contribution in [3.05, 3.63) is 64.2 Å². The van der Waals surface area contributed by atoms with Crippen molar-refractivity contribution in [2.24, 2.45) is 5.92 Å². The molecular weight excluding hydrogens is 385 g/mol. The van der Waals surface area contributed by atoms with Gasteiger partial charge in [-0.1, -0.05) is 41.9 Å². The summed E-state index contributed by atoms with van der Waals surface area (Å²) in [5.74, 6) is -0.511. The zero-order valence-electron chi connectivity index (χ0n) is 14.7. The van der Waals surface area contributed by atoms with E-state index in [9.17, 15) is 9.59 Å². The lowest BCUT2D eigenvalue weighted by Crippen LogP contribution is -2.32. The van der Waals surface area contributed by atoms with Crippen molar-refractivity contribution < 1.29 is 9.59 Å². The smallest absolute Gasteiger partial charge is 0.227 e. The fourth-order valence-electron chi connectivity index (χ4n) is 3.58. The lowest BCUT2D eigenvalue weighted by atomic mass is 10.1. The maximum atomic E-state index is 12.5. The average Bonchev–Trinajstić information content (AvgIpc) is 3.26. The highest BCUT2D eigenvalue weighted by atomic mass is 35.5. The molecule has 2 amide bonds. The van der Waals surface area contributed by atoms with Gasteiger partial charge < -0.3 is 15.5 Å². The summed E-state index contributed by atoms with van der Waals surface area (Å²) in [5.41, 5.74) is 4.35. The van der Waals surface area contributed by atoms with Gasteiger partial charge in [-0.15, -0.1) is 12.4 Å². The number of carbonyl (C=O) groups is 2. The highest BCUT2D eigenvalue weighted by Crippen LogP contribution is 2.31. The van der Waals surface area contributed by atoms with Gasteiger partial charge in [0.15, 0.2) is 0 Å². The summed E-state index contributed by atoms with van der Waals surface area (Å²) in [6.45, 7) is 2.62. The number of para-hydroxylation sites is 1. The molecule has 1 unspecified atom stereocenters. The molecule has 142 valence electrons. The summed E-state index contributed by atoms with van der Waals surface area (Å²) in [5, 5.41) is 6.80. The summed E-state index contributed by atoms with van der Waals surface area (Å²) in [4.78, 5) is 26.5. The van der Waals surface area contributed by atoms with Crippen LogP contribution in [0.25, 0.3) is 0 Å². The average molecular weight is 406 g/mol. The zero-order valence-corrected chi connectivity index (χ0v) is 16.3. The van der Waals surface area contributed by atoms with Crippen molar-refractivity contribution in [3.8, 4) is 0 Å². The quantitative estimate of drug-likeness (QED) is 0.821. The van der Waals surface area contributed by atoms with Crippen LogP contribution < -0.4 is 15.5 Å². The van der Waals surface area contributed by atoms with Crippen LogP contribution in [-0.4, -0.2) is 18.4 Å². The van der Waals surface area contributed by atoms with Crippen LogP contribution in [0.5, 0.6) is 0 Å². The molecule has 1 fully saturated rings. The van der Waals surface area contributed by atoms with Crippen LogP contribution in [0.3, 0.4) is 0 Å². The van der Waals surface area contributed by atoms with E-state index in [1.54, 1.807) is 17.0 Å². The summed E-state index contributed by atoms with van der Waals surface area (Å²) < 4.78 is 0. The highest BCUT2D eigenvalue weighted by Gasteiger charge is 2.35. The number of amides is 2. The van der Waals surface area contributed by atoms with Gasteiger partial charge in [0.1, 0.15) is 0 Å². The van der Waals surface area contributed by atoms with Crippen LogP contribution in [0.4, 0.5) is 5.69 Å². The minimum absolute atomic E-state index is 0. The largest absolute Gasteiger partial charge is 0.352 e. The second-order valence-electron chi connectivity index (χ2n) is 6.78. The SMILES string of the molecule is Cl.O=C(NCc1ccc2c(c1)CNC2)C1CC(=O)N(c2ccccc2Cl)C1. The minimum Gasteiger partial charge on any atom is -0.352 e. The van der Waals surface area contributed by atoms with Crippen LogP contribution >= 0.6 is 24.0 Å². The Labute approximate surface area is 169 Å². The van der Waals surface area contributed by atoms with Crippen LogP contribution in [0.1, 0.15) is 23.1 Å². The monoisotopic (exact) mass is 405 g/mol. The first kappa shape index (κ1) is 19.7. The molecule has 0 aliphatic carbocycles. The van der Waals surface area contributed by atoms with Crippen molar-refractivity contribution in [2.75, 3.05) is 11.4 Å². The molecule has 7 heteroatoms. The molecule has 2 heterocycles. The summed E-state index contributed by atoms with van der Waals surface area (Å²) in [6.07, 6.45) is 0.213. The normalized spacial score (nSPS) is 18.2. The van der Waals surface area contributed by atoms with E-state index in [-0.39, 0.29) is 36.6 Å². The molecule has 0 spiro atoms. The first-order valence-corrected chi connectivity index (χ1v) is 9.13. The van der Waals surface area contributed by atoms with Crippen molar-refractivity contribution >= 4 is 41.5 Å². The van der Waals surface area contributed by atoms with Gasteiger partial charge in [-0.2, -0.15) is 0 Å². The third-order valence-corrected chi connectivity index (χ3v) is 5.33. The Morgan fingerprint density at radius 2 is 1.96 bits per heavy atom. The number of carbonyl (C=O) groups excluding carboxylic acids is 2. The van der Waals surface area contributed by atoms with Crippen molar-refractivity contribution in [1.29, 1.82) is 0 Å². The number of benzene rings is 2. The summed E-state index contributed by atoms with van der Waals surface area (Å²) in [6, 6.07) is 13.5. The standard InChI is InChI=1S/C20H20ClN3O2.ClH/c21-17-3-1-2-4-18(17)24-12-16(8-19(24)25)20(26)23-9-13-5-6-14-10-22-11-15(14)7-13;/h1-7,16,22H,8-12H2,(H,23,26);1H. The van der Waals surface area contributed by atoms with Gasteiger partial charge in [0.25, 0.3) is 0 Å². The molecule has 2 aromatic carbocycles. The molecule has 0 aromatic heterocycles. The Balaban J connectivity index is 0.00000210. The van der Waals surface area contributed by atoms with Crippen molar-refractivity contribution in [2.45, 2.75) is 26.1 Å². The van der Waals surface area contributed by atoms with Crippen LogP contribution in [0, 0.1) is 5.92 Å². The second kappa shape index (κ2) is 8.30. The number of nitrogens with zero attached hydrogens (tertiary/aromatic N) is 1. The van der Waals surface area contributed by atoms with Crippen molar-refractivity contribution in [1.82, 2.24) is 10.6 Å². The molecule has 1 atom stereocenters. The Morgan fingerprint density at radius 1 is 1.19 bits per heavy atom. The molecule has 1 saturated heterocycles. The molecule has 0 bridgehead atoms. The van der Waals surface area contributed by atoms with E-state index in [2.05, 4.69) is 22.8 Å². The molecule has 2 aliphatic rings. The number of nitrogens with one attached hydrogen (secondary N) is 2. The predicted octanol–water partition coefficient (Wildman–Crippen LogP) is 3.03. The third-order valence-electron chi connectivity index (χ3n) is 5.01. The van der Waals surface area contributed by atoms with Gasteiger partial charge in [0.05, 0.1) is 16.6 Å². The first-order chi connectivity index (χ1) is 12.6. The van der Waals surface area contributed by atoms with Crippen molar-refractivity contribution in [3.63, 3.8) is 0 Å². The first-order valence-electron chi connectivity index (χ1n) is 8.76.